The Morgan fingerprint density at radius 1 is 1.19 bits per heavy atom. The molecule has 0 saturated carbocycles. The molecule has 3 rings (SSSR count). The maximum Gasteiger partial charge on any atom is 0.374 e. The van der Waals surface area contributed by atoms with Gasteiger partial charge in [0.05, 0.1) is 16.4 Å². The van der Waals surface area contributed by atoms with Gasteiger partial charge in [0, 0.05) is 49.6 Å². The standard InChI is InChI=1S/C19H27N5O2S/c1-13-20-14(12-27-13)11-23-6-5-7-24(9-8-23)16-10-15(19(2,3)4)21-17(22-16)18(25)26/h10,12H,5-9,11H2,1-4H3,(H,25,26). The van der Waals surface area contributed by atoms with Crippen LogP contribution in [0.1, 0.15) is 54.2 Å². The van der Waals surface area contributed by atoms with Gasteiger partial charge in [0.2, 0.25) is 5.82 Å². The summed E-state index contributed by atoms with van der Waals surface area (Å²) in [5, 5.41) is 12.6. The maximum absolute atomic E-state index is 11.5. The van der Waals surface area contributed by atoms with Crippen LogP contribution in [0.3, 0.4) is 0 Å². The molecule has 2 aromatic rings. The number of aromatic nitrogens is 3. The Labute approximate surface area is 164 Å². The third kappa shape index (κ3) is 5.01. The number of aromatic carboxylic acids is 1. The highest BCUT2D eigenvalue weighted by Crippen LogP contribution is 2.25. The first-order chi connectivity index (χ1) is 12.7. The summed E-state index contributed by atoms with van der Waals surface area (Å²) in [6.07, 6.45) is 1.00. The van der Waals surface area contributed by atoms with Crippen LogP contribution in [0.4, 0.5) is 5.82 Å². The number of anilines is 1. The van der Waals surface area contributed by atoms with Gasteiger partial charge in [-0.25, -0.2) is 19.7 Å². The van der Waals surface area contributed by atoms with E-state index in [0.717, 1.165) is 55.5 Å². The average molecular weight is 390 g/mol. The van der Waals surface area contributed by atoms with E-state index in [-0.39, 0.29) is 11.2 Å². The van der Waals surface area contributed by atoms with Crippen molar-refractivity contribution in [2.75, 3.05) is 31.1 Å². The first kappa shape index (κ1) is 19.7. The predicted octanol–water partition coefficient (Wildman–Crippen LogP) is 2.95. The van der Waals surface area contributed by atoms with E-state index in [1.807, 2.05) is 33.8 Å². The van der Waals surface area contributed by atoms with Crippen LogP contribution in [0.5, 0.6) is 0 Å². The van der Waals surface area contributed by atoms with Crippen LogP contribution < -0.4 is 4.90 Å². The molecule has 27 heavy (non-hydrogen) atoms. The fourth-order valence-corrected chi connectivity index (χ4v) is 3.75. The Morgan fingerprint density at radius 2 is 1.96 bits per heavy atom. The highest BCUT2D eigenvalue weighted by molar-refractivity contribution is 7.09. The predicted molar refractivity (Wildman–Crippen MR) is 107 cm³/mol. The summed E-state index contributed by atoms with van der Waals surface area (Å²) in [4.78, 5) is 29.2. The van der Waals surface area contributed by atoms with Gasteiger partial charge in [0.15, 0.2) is 0 Å². The Bertz CT molecular complexity index is 815. The molecule has 0 bridgehead atoms. The molecule has 2 aromatic heterocycles. The molecule has 7 nitrogen and oxygen atoms in total. The van der Waals surface area contributed by atoms with E-state index in [2.05, 4.69) is 30.1 Å². The van der Waals surface area contributed by atoms with Crippen molar-refractivity contribution in [2.24, 2.45) is 0 Å². The summed E-state index contributed by atoms with van der Waals surface area (Å²) >= 11 is 1.68. The van der Waals surface area contributed by atoms with Crippen LogP contribution >= 0.6 is 11.3 Å². The highest BCUT2D eigenvalue weighted by Gasteiger charge is 2.23. The lowest BCUT2D eigenvalue weighted by Crippen LogP contribution is -2.32. The van der Waals surface area contributed by atoms with Crippen LogP contribution in [-0.4, -0.2) is 57.1 Å². The van der Waals surface area contributed by atoms with E-state index >= 15 is 0 Å². The zero-order chi connectivity index (χ0) is 19.6. The lowest BCUT2D eigenvalue weighted by molar-refractivity contribution is 0.0683. The fourth-order valence-electron chi connectivity index (χ4n) is 3.14. The van der Waals surface area contributed by atoms with Gasteiger partial charge in [-0.15, -0.1) is 11.3 Å². The molecular formula is C19H27N5O2S. The summed E-state index contributed by atoms with van der Waals surface area (Å²) in [6, 6.07) is 1.94. The third-order valence-electron chi connectivity index (χ3n) is 4.64. The molecule has 0 aliphatic carbocycles. The van der Waals surface area contributed by atoms with Crippen molar-refractivity contribution in [2.45, 2.75) is 46.1 Å². The molecule has 0 amide bonds. The summed E-state index contributed by atoms with van der Waals surface area (Å²) in [7, 11) is 0. The Hall–Kier alpha value is -2.06. The molecule has 1 aliphatic rings. The number of carboxylic acid groups (broad SMARTS) is 1. The quantitative estimate of drug-likeness (QED) is 0.861. The number of aryl methyl sites for hydroxylation is 1. The van der Waals surface area contributed by atoms with Crippen molar-refractivity contribution in [3.8, 4) is 0 Å². The number of hydrogen-bond donors (Lipinski definition) is 1. The van der Waals surface area contributed by atoms with Crippen molar-refractivity contribution in [3.63, 3.8) is 0 Å². The van der Waals surface area contributed by atoms with E-state index in [1.54, 1.807) is 11.3 Å². The van der Waals surface area contributed by atoms with Gasteiger partial charge >= 0.3 is 5.97 Å². The van der Waals surface area contributed by atoms with E-state index in [0.29, 0.717) is 5.82 Å². The molecule has 0 spiro atoms. The zero-order valence-electron chi connectivity index (χ0n) is 16.4. The number of hydrogen-bond acceptors (Lipinski definition) is 7. The molecule has 0 atom stereocenters. The van der Waals surface area contributed by atoms with Crippen LogP contribution in [0, 0.1) is 6.92 Å². The van der Waals surface area contributed by atoms with Crippen LogP contribution in [0.25, 0.3) is 0 Å². The number of rotatable bonds is 4. The Kier molecular flexibility index (Phi) is 5.76. The topological polar surface area (TPSA) is 82.5 Å². The molecular weight excluding hydrogens is 362 g/mol. The van der Waals surface area contributed by atoms with Crippen molar-refractivity contribution in [3.05, 3.63) is 33.7 Å². The number of carbonyl (C=O) groups is 1. The molecule has 0 unspecified atom stereocenters. The first-order valence-corrected chi connectivity index (χ1v) is 10.1. The lowest BCUT2D eigenvalue weighted by atomic mass is 9.92. The average Bonchev–Trinajstić information content (AvgIpc) is 2.87. The lowest BCUT2D eigenvalue weighted by Gasteiger charge is -2.25. The number of carboxylic acids is 1. The third-order valence-corrected chi connectivity index (χ3v) is 5.46. The van der Waals surface area contributed by atoms with Gasteiger partial charge in [0.1, 0.15) is 5.82 Å². The minimum absolute atomic E-state index is 0.128. The zero-order valence-corrected chi connectivity index (χ0v) is 17.2. The Morgan fingerprint density at radius 3 is 2.59 bits per heavy atom. The summed E-state index contributed by atoms with van der Waals surface area (Å²) in [5.41, 5.74) is 1.64. The molecule has 0 aromatic carbocycles. The van der Waals surface area contributed by atoms with E-state index < -0.39 is 5.97 Å². The van der Waals surface area contributed by atoms with E-state index in [1.165, 1.54) is 0 Å². The minimum atomic E-state index is -1.09. The second-order valence-electron chi connectivity index (χ2n) is 7.96. The molecule has 1 fully saturated rings. The van der Waals surface area contributed by atoms with Crippen molar-refractivity contribution in [1.29, 1.82) is 0 Å². The first-order valence-electron chi connectivity index (χ1n) is 9.23. The van der Waals surface area contributed by atoms with Crippen molar-refractivity contribution < 1.29 is 9.90 Å². The van der Waals surface area contributed by atoms with Gasteiger partial charge in [-0.05, 0) is 13.3 Å². The van der Waals surface area contributed by atoms with Crippen LogP contribution in [0.15, 0.2) is 11.4 Å². The highest BCUT2D eigenvalue weighted by atomic mass is 32.1. The number of thiazole rings is 1. The molecule has 146 valence electrons. The summed E-state index contributed by atoms with van der Waals surface area (Å²) in [5.74, 6) is -0.507. The van der Waals surface area contributed by atoms with Gasteiger partial charge in [-0.3, -0.25) is 4.90 Å². The van der Waals surface area contributed by atoms with Crippen molar-refractivity contribution in [1.82, 2.24) is 19.9 Å². The van der Waals surface area contributed by atoms with Crippen molar-refractivity contribution >= 4 is 23.1 Å². The van der Waals surface area contributed by atoms with Crippen LogP contribution in [-0.2, 0) is 12.0 Å². The van der Waals surface area contributed by atoms with Crippen LogP contribution in [0.2, 0.25) is 0 Å². The molecule has 8 heteroatoms. The second-order valence-corrected chi connectivity index (χ2v) is 9.03. The fraction of sp³-hybridized carbons (Fsp3) is 0.579. The largest absolute Gasteiger partial charge is 0.475 e. The van der Waals surface area contributed by atoms with E-state index in [4.69, 9.17) is 0 Å². The molecule has 1 aliphatic heterocycles. The summed E-state index contributed by atoms with van der Waals surface area (Å²) in [6.45, 7) is 12.5. The van der Waals surface area contributed by atoms with E-state index in [9.17, 15) is 9.90 Å². The molecule has 1 saturated heterocycles. The summed E-state index contributed by atoms with van der Waals surface area (Å²) < 4.78 is 0. The monoisotopic (exact) mass is 389 g/mol. The molecule has 3 heterocycles. The minimum Gasteiger partial charge on any atom is -0.475 e. The van der Waals surface area contributed by atoms with Gasteiger partial charge in [-0.1, -0.05) is 20.8 Å². The SMILES string of the molecule is Cc1nc(CN2CCCN(c3cc(C(C)(C)C)nc(C(=O)O)n3)CC2)cs1. The normalized spacial score (nSPS) is 16.4. The van der Waals surface area contributed by atoms with Gasteiger partial charge in [0.25, 0.3) is 0 Å². The molecule has 1 N–H and O–H groups in total. The smallest absolute Gasteiger partial charge is 0.374 e. The second kappa shape index (κ2) is 7.90. The molecule has 0 radical (unpaired) electrons. The van der Waals surface area contributed by atoms with Gasteiger partial charge in [-0.2, -0.15) is 0 Å². The Balaban J connectivity index is 1.76. The number of nitrogens with zero attached hydrogens (tertiary/aromatic N) is 5. The van der Waals surface area contributed by atoms with Gasteiger partial charge < -0.3 is 10.0 Å². The maximum atomic E-state index is 11.5.